The van der Waals surface area contributed by atoms with E-state index in [4.69, 9.17) is 11.6 Å². The number of allylic oxidation sites excluding steroid dienone is 1. The summed E-state index contributed by atoms with van der Waals surface area (Å²) in [6, 6.07) is 13.4. The zero-order valence-electron chi connectivity index (χ0n) is 13.8. The highest BCUT2D eigenvalue weighted by Crippen LogP contribution is 2.25. The van der Waals surface area contributed by atoms with E-state index in [2.05, 4.69) is 21.4 Å². The van der Waals surface area contributed by atoms with E-state index in [0.717, 1.165) is 27.4 Å². The number of hydrogen-bond donors (Lipinski definition) is 1. The van der Waals surface area contributed by atoms with E-state index < -0.39 is 0 Å². The second-order valence-corrected chi connectivity index (χ2v) is 6.96. The third-order valence-corrected chi connectivity index (χ3v) is 4.95. The minimum Gasteiger partial charge on any atom is -0.325 e. The Balaban J connectivity index is 1.73. The van der Waals surface area contributed by atoms with Crippen LogP contribution in [0.5, 0.6) is 0 Å². The lowest BCUT2D eigenvalue weighted by Crippen LogP contribution is -2.15. The van der Waals surface area contributed by atoms with Gasteiger partial charge in [-0.3, -0.25) is 4.79 Å². The van der Waals surface area contributed by atoms with Crippen LogP contribution in [0.25, 0.3) is 11.0 Å². The second-order valence-electron chi connectivity index (χ2n) is 5.58. The van der Waals surface area contributed by atoms with Crippen LogP contribution in [0.4, 0.5) is 5.69 Å². The molecule has 0 unspecified atom stereocenters. The number of rotatable bonds is 6. The van der Waals surface area contributed by atoms with Crippen LogP contribution in [-0.4, -0.2) is 21.2 Å². The first-order chi connectivity index (χ1) is 12.1. The molecule has 6 heteroatoms. The van der Waals surface area contributed by atoms with Crippen molar-refractivity contribution in [3.05, 3.63) is 65.7 Å². The molecule has 25 heavy (non-hydrogen) atoms. The topological polar surface area (TPSA) is 46.9 Å². The summed E-state index contributed by atoms with van der Waals surface area (Å²) in [5, 5.41) is 4.31. The number of anilines is 1. The number of fused-ring (bicyclic) bond motifs is 1. The number of aromatic nitrogens is 2. The third kappa shape index (κ3) is 4.06. The molecule has 3 aromatic rings. The van der Waals surface area contributed by atoms with Crippen molar-refractivity contribution in [3.63, 3.8) is 0 Å². The first-order valence-electron chi connectivity index (χ1n) is 7.83. The smallest absolute Gasteiger partial charge is 0.234 e. The van der Waals surface area contributed by atoms with Crippen molar-refractivity contribution < 1.29 is 4.79 Å². The van der Waals surface area contributed by atoms with Gasteiger partial charge in [-0.2, -0.15) is 0 Å². The number of thioether (sulfide) groups is 1. The SMILES string of the molecule is C=CCn1c(SCC(=O)Nc2cc(Cl)ccc2C)nc2ccccc21. The lowest BCUT2D eigenvalue weighted by Gasteiger charge is -2.09. The third-order valence-electron chi connectivity index (χ3n) is 3.74. The molecule has 0 aliphatic carbocycles. The molecule has 1 heterocycles. The molecule has 2 aromatic carbocycles. The number of nitrogens with one attached hydrogen (secondary N) is 1. The van der Waals surface area contributed by atoms with Gasteiger partial charge < -0.3 is 9.88 Å². The summed E-state index contributed by atoms with van der Waals surface area (Å²) in [6.07, 6.45) is 1.83. The number of benzene rings is 2. The predicted molar refractivity (Wildman–Crippen MR) is 105 cm³/mol. The van der Waals surface area contributed by atoms with Gasteiger partial charge in [-0.05, 0) is 36.8 Å². The summed E-state index contributed by atoms with van der Waals surface area (Å²) >= 11 is 7.40. The van der Waals surface area contributed by atoms with Crippen LogP contribution in [-0.2, 0) is 11.3 Å². The van der Waals surface area contributed by atoms with Crippen LogP contribution in [0.15, 0.2) is 60.3 Å². The molecule has 4 nitrogen and oxygen atoms in total. The van der Waals surface area contributed by atoms with Crippen molar-refractivity contribution in [2.75, 3.05) is 11.1 Å². The summed E-state index contributed by atoms with van der Waals surface area (Å²) in [4.78, 5) is 16.9. The zero-order chi connectivity index (χ0) is 17.8. The maximum atomic E-state index is 12.3. The fourth-order valence-corrected chi connectivity index (χ4v) is 3.51. The first kappa shape index (κ1) is 17.6. The summed E-state index contributed by atoms with van der Waals surface area (Å²) in [5.41, 5.74) is 3.66. The van der Waals surface area contributed by atoms with Gasteiger partial charge in [0.05, 0.1) is 16.8 Å². The summed E-state index contributed by atoms with van der Waals surface area (Å²) in [7, 11) is 0. The minimum atomic E-state index is -0.0902. The van der Waals surface area contributed by atoms with Gasteiger partial charge in [0.15, 0.2) is 5.16 Å². The molecule has 3 rings (SSSR count). The molecule has 0 saturated carbocycles. The minimum absolute atomic E-state index is 0.0902. The highest BCUT2D eigenvalue weighted by Gasteiger charge is 2.12. The Kier molecular flexibility index (Phi) is 5.46. The number of nitrogens with zero attached hydrogens (tertiary/aromatic N) is 2. The molecule has 0 bridgehead atoms. The van der Waals surface area contributed by atoms with E-state index in [9.17, 15) is 4.79 Å². The molecule has 0 saturated heterocycles. The first-order valence-corrected chi connectivity index (χ1v) is 9.20. The Morgan fingerprint density at radius 2 is 2.16 bits per heavy atom. The van der Waals surface area contributed by atoms with E-state index in [-0.39, 0.29) is 11.7 Å². The van der Waals surface area contributed by atoms with Gasteiger partial charge in [-0.15, -0.1) is 6.58 Å². The van der Waals surface area contributed by atoms with Gasteiger partial charge in [-0.25, -0.2) is 4.98 Å². The number of aryl methyl sites for hydroxylation is 1. The molecule has 128 valence electrons. The zero-order valence-corrected chi connectivity index (χ0v) is 15.4. The fraction of sp³-hybridized carbons (Fsp3) is 0.158. The Morgan fingerprint density at radius 3 is 2.96 bits per heavy atom. The number of carbonyl (C=O) groups is 1. The molecular weight excluding hydrogens is 354 g/mol. The van der Waals surface area contributed by atoms with Crippen LogP contribution >= 0.6 is 23.4 Å². The monoisotopic (exact) mass is 371 g/mol. The van der Waals surface area contributed by atoms with Crippen molar-refractivity contribution in [1.29, 1.82) is 0 Å². The summed E-state index contributed by atoms with van der Waals surface area (Å²) in [5.74, 6) is 0.180. The fourth-order valence-electron chi connectivity index (χ4n) is 2.51. The molecule has 0 radical (unpaired) electrons. The number of imidazole rings is 1. The Hall–Kier alpha value is -2.24. The second kappa shape index (κ2) is 7.76. The number of hydrogen-bond acceptors (Lipinski definition) is 3. The molecule has 0 aliphatic rings. The predicted octanol–water partition coefficient (Wildman–Crippen LogP) is 4.91. The van der Waals surface area contributed by atoms with E-state index in [0.29, 0.717) is 11.6 Å². The van der Waals surface area contributed by atoms with Crippen molar-refractivity contribution in [1.82, 2.24) is 9.55 Å². The van der Waals surface area contributed by atoms with Gasteiger partial charge in [0.1, 0.15) is 0 Å². The van der Waals surface area contributed by atoms with Crippen molar-refractivity contribution >= 4 is 46.0 Å². The van der Waals surface area contributed by atoms with E-state index in [1.54, 1.807) is 12.1 Å². The highest BCUT2D eigenvalue weighted by molar-refractivity contribution is 7.99. The number of para-hydroxylation sites is 2. The molecule has 1 amide bonds. The summed E-state index contributed by atoms with van der Waals surface area (Å²) in [6.45, 7) is 6.39. The van der Waals surface area contributed by atoms with E-state index >= 15 is 0 Å². The molecule has 0 atom stereocenters. The average molecular weight is 372 g/mol. The lowest BCUT2D eigenvalue weighted by molar-refractivity contribution is -0.113. The van der Waals surface area contributed by atoms with Crippen LogP contribution in [0.2, 0.25) is 5.02 Å². The van der Waals surface area contributed by atoms with Crippen LogP contribution < -0.4 is 5.32 Å². The molecule has 0 fully saturated rings. The highest BCUT2D eigenvalue weighted by atomic mass is 35.5. The maximum Gasteiger partial charge on any atom is 0.234 e. The van der Waals surface area contributed by atoms with Gasteiger partial charge in [0.2, 0.25) is 5.91 Å². The van der Waals surface area contributed by atoms with E-state index in [1.807, 2.05) is 43.3 Å². The molecule has 0 aliphatic heterocycles. The van der Waals surface area contributed by atoms with Gasteiger partial charge >= 0.3 is 0 Å². The number of halogens is 1. The number of carbonyl (C=O) groups excluding carboxylic acids is 1. The average Bonchev–Trinajstić information content (AvgIpc) is 2.95. The van der Waals surface area contributed by atoms with Crippen LogP contribution in [0, 0.1) is 6.92 Å². The molecule has 1 N–H and O–H groups in total. The Bertz CT molecular complexity index is 936. The molecular formula is C19H18ClN3OS. The normalized spacial score (nSPS) is 10.8. The van der Waals surface area contributed by atoms with Crippen molar-refractivity contribution in [3.8, 4) is 0 Å². The van der Waals surface area contributed by atoms with Crippen molar-refractivity contribution in [2.24, 2.45) is 0 Å². The Labute approximate surface area is 155 Å². The van der Waals surface area contributed by atoms with Crippen molar-refractivity contribution in [2.45, 2.75) is 18.6 Å². The maximum absolute atomic E-state index is 12.3. The number of amides is 1. The van der Waals surface area contributed by atoms with Gasteiger partial charge in [-0.1, -0.05) is 47.6 Å². The summed E-state index contributed by atoms with van der Waals surface area (Å²) < 4.78 is 2.06. The Morgan fingerprint density at radius 1 is 1.36 bits per heavy atom. The van der Waals surface area contributed by atoms with Crippen LogP contribution in [0.3, 0.4) is 0 Å². The van der Waals surface area contributed by atoms with Crippen LogP contribution in [0.1, 0.15) is 5.56 Å². The largest absolute Gasteiger partial charge is 0.325 e. The van der Waals surface area contributed by atoms with E-state index in [1.165, 1.54) is 11.8 Å². The lowest BCUT2D eigenvalue weighted by atomic mass is 10.2. The molecule has 1 aromatic heterocycles. The quantitative estimate of drug-likeness (QED) is 0.494. The molecule has 0 spiro atoms. The standard InChI is InChI=1S/C19H18ClN3OS/c1-3-10-23-17-7-5-4-6-15(17)22-19(23)25-12-18(24)21-16-11-14(20)9-8-13(16)2/h3-9,11H,1,10,12H2,2H3,(H,21,24). The van der Waals surface area contributed by atoms with Gasteiger partial charge in [0.25, 0.3) is 0 Å². The van der Waals surface area contributed by atoms with Gasteiger partial charge in [0, 0.05) is 17.3 Å².